The first kappa shape index (κ1) is 11.9. The van der Waals surface area contributed by atoms with E-state index in [0.29, 0.717) is 13.2 Å². The Bertz CT molecular complexity index is 416. The van der Waals surface area contributed by atoms with Crippen LogP contribution in [0.4, 0.5) is 0 Å². The Hall–Kier alpha value is -0.603. The summed E-state index contributed by atoms with van der Waals surface area (Å²) in [6, 6.07) is 4.10. The molecule has 0 atom stereocenters. The van der Waals surface area contributed by atoms with E-state index in [9.17, 15) is 0 Å². The number of hydrogen-bond donors (Lipinski definition) is 0. The number of ether oxygens (including phenoxy) is 2. The van der Waals surface area contributed by atoms with Crippen molar-refractivity contribution in [2.24, 2.45) is 0 Å². The van der Waals surface area contributed by atoms with Gasteiger partial charge in [0.2, 0.25) is 0 Å². The highest BCUT2D eigenvalue weighted by atomic mass is 32.1. The number of hydrogen-bond acceptors (Lipinski definition) is 3. The van der Waals surface area contributed by atoms with Crippen molar-refractivity contribution in [2.45, 2.75) is 25.9 Å². The van der Waals surface area contributed by atoms with Gasteiger partial charge in [-0.05, 0) is 12.1 Å². The van der Waals surface area contributed by atoms with Gasteiger partial charge in [-0.3, -0.25) is 0 Å². The maximum Gasteiger partial charge on any atom is 0.193 e. The number of thiophene rings is 1. The summed E-state index contributed by atoms with van der Waals surface area (Å²) in [6.07, 6.45) is -0.160. The fourth-order valence-electron chi connectivity index (χ4n) is 1.32. The van der Waals surface area contributed by atoms with E-state index in [1.54, 1.807) is 11.3 Å². The van der Waals surface area contributed by atoms with Crippen molar-refractivity contribution >= 4 is 19.4 Å². The van der Waals surface area contributed by atoms with Crippen LogP contribution in [0.2, 0.25) is 19.6 Å². The Morgan fingerprint density at radius 1 is 1.25 bits per heavy atom. The molecule has 1 aromatic rings. The van der Waals surface area contributed by atoms with Gasteiger partial charge in [0.15, 0.2) is 6.29 Å². The molecule has 2 heterocycles. The van der Waals surface area contributed by atoms with Gasteiger partial charge >= 0.3 is 0 Å². The quantitative estimate of drug-likeness (QED) is 0.565. The lowest BCUT2D eigenvalue weighted by atomic mass is 10.4. The average molecular weight is 252 g/mol. The maximum absolute atomic E-state index is 5.45. The maximum atomic E-state index is 5.45. The zero-order valence-corrected chi connectivity index (χ0v) is 11.7. The van der Waals surface area contributed by atoms with Crippen LogP contribution < -0.4 is 0 Å². The third-order valence-electron chi connectivity index (χ3n) is 2.04. The van der Waals surface area contributed by atoms with Crippen LogP contribution in [0.1, 0.15) is 16.0 Å². The van der Waals surface area contributed by atoms with Gasteiger partial charge < -0.3 is 9.47 Å². The molecule has 1 aliphatic heterocycles. The van der Waals surface area contributed by atoms with E-state index in [-0.39, 0.29) is 6.29 Å². The van der Waals surface area contributed by atoms with E-state index < -0.39 is 8.07 Å². The molecule has 0 saturated carbocycles. The van der Waals surface area contributed by atoms with E-state index in [1.165, 1.54) is 0 Å². The van der Waals surface area contributed by atoms with Gasteiger partial charge in [-0.1, -0.05) is 25.6 Å². The van der Waals surface area contributed by atoms with Crippen LogP contribution in [-0.2, 0) is 9.47 Å². The molecule has 0 N–H and O–H groups in total. The second-order valence-corrected chi connectivity index (χ2v) is 10.6. The SMILES string of the molecule is C[Si](C)(C)C#Cc1ccc(C2OCCO2)s1. The molecule has 1 aliphatic rings. The third kappa shape index (κ3) is 3.19. The molecular formula is C12H16O2SSi. The van der Waals surface area contributed by atoms with Crippen LogP contribution >= 0.6 is 11.3 Å². The first-order chi connectivity index (χ1) is 7.54. The molecule has 1 saturated heterocycles. The standard InChI is InChI=1S/C12H16O2SSi/c1-16(2,3)9-6-10-4-5-11(15-10)12-13-7-8-14-12/h4-5,12H,7-8H2,1-3H3. The summed E-state index contributed by atoms with van der Waals surface area (Å²) < 4.78 is 10.9. The van der Waals surface area contributed by atoms with Crippen molar-refractivity contribution in [3.63, 3.8) is 0 Å². The summed E-state index contributed by atoms with van der Waals surface area (Å²) in [4.78, 5) is 2.23. The van der Waals surface area contributed by atoms with Crippen LogP contribution in [0.5, 0.6) is 0 Å². The second-order valence-electron chi connectivity index (χ2n) is 4.78. The Labute approximate surface area is 102 Å². The van der Waals surface area contributed by atoms with Crippen LogP contribution in [-0.4, -0.2) is 21.3 Å². The van der Waals surface area contributed by atoms with E-state index in [0.717, 1.165) is 9.75 Å². The zero-order valence-electron chi connectivity index (χ0n) is 9.87. The molecular weight excluding hydrogens is 236 g/mol. The summed E-state index contributed by atoms with van der Waals surface area (Å²) >= 11 is 1.67. The predicted molar refractivity (Wildman–Crippen MR) is 69.2 cm³/mol. The Morgan fingerprint density at radius 2 is 1.94 bits per heavy atom. The lowest BCUT2D eigenvalue weighted by Gasteiger charge is -2.04. The highest BCUT2D eigenvalue weighted by molar-refractivity contribution is 7.12. The molecule has 1 fully saturated rings. The highest BCUT2D eigenvalue weighted by Crippen LogP contribution is 2.29. The topological polar surface area (TPSA) is 18.5 Å². The highest BCUT2D eigenvalue weighted by Gasteiger charge is 2.19. The molecule has 0 aliphatic carbocycles. The fraction of sp³-hybridized carbons (Fsp3) is 0.500. The normalized spacial score (nSPS) is 17.2. The molecule has 4 heteroatoms. The van der Waals surface area contributed by atoms with Crippen LogP contribution in [0, 0.1) is 11.5 Å². The predicted octanol–water partition coefficient (Wildman–Crippen LogP) is 3.02. The summed E-state index contributed by atoms with van der Waals surface area (Å²) in [5.41, 5.74) is 3.36. The molecule has 86 valence electrons. The van der Waals surface area contributed by atoms with E-state index >= 15 is 0 Å². The van der Waals surface area contributed by atoms with E-state index in [4.69, 9.17) is 9.47 Å². The third-order valence-corrected chi connectivity index (χ3v) is 3.94. The summed E-state index contributed by atoms with van der Waals surface area (Å²) in [7, 11) is -1.28. The Kier molecular flexibility index (Phi) is 3.50. The molecule has 0 aromatic carbocycles. The Balaban J connectivity index is 2.09. The smallest absolute Gasteiger partial charge is 0.193 e. The summed E-state index contributed by atoms with van der Waals surface area (Å²) in [5.74, 6) is 3.25. The van der Waals surface area contributed by atoms with Crippen molar-refractivity contribution in [1.29, 1.82) is 0 Å². The van der Waals surface area contributed by atoms with Crippen molar-refractivity contribution in [3.05, 3.63) is 21.9 Å². The number of rotatable bonds is 1. The van der Waals surface area contributed by atoms with Crippen molar-refractivity contribution in [1.82, 2.24) is 0 Å². The molecule has 16 heavy (non-hydrogen) atoms. The average Bonchev–Trinajstić information content (AvgIpc) is 2.84. The van der Waals surface area contributed by atoms with E-state index in [2.05, 4.69) is 43.2 Å². The monoisotopic (exact) mass is 252 g/mol. The van der Waals surface area contributed by atoms with Crippen LogP contribution in [0.15, 0.2) is 12.1 Å². The molecule has 0 spiro atoms. The molecule has 2 rings (SSSR count). The van der Waals surface area contributed by atoms with Gasteiger partial charge in [-0.15, -0.1) is 16.9 Å². The molecule has 2 nitrogen and oxygen atoms in total. The molecule has 1 aromatic heterocycles. The van der Waals surface area contributed by atoms with E-state index in [1.807, 2.05) is 0 Å². The largest absolute Gasteiger partial charge is 0.345 e. The Morgan fingerprint density at radius 3 is 2.56 bits per heavy atom. The molecule has 0 amide bonds. The minimum Gasteiger partial charge on any atom is -0.345 e. The second kappa shape index (κ2) is 4.72. The fourth-order valence-corrected chi connectivity index (χ4v) is 2.78. The molecule has 0 unspecified atom stereocenters. The van der Waals surface area contributed by atoms with Gasteiger partial charge in [-0.2, -0.15) is 0 Å². The van der Waals surface area contributed by atoms with Crippen LogP contribution in [0.25, 0.3) is 0 Å². The summed E-state index contributed by atoms with van der Waals surface area (Å²) in [5, 5.41) is 0. The summed E-state index contributed by atoms with van der Waals surface area (Å²) in [6.45, 7) is 8.13. The van der Waals surface area contributed by atoms with Crippen molar-refractivity contribution in [2.75, 3.05) is 13.2 Å². The lowest BCUT2D eigenvalue weighted by Crippen LogP contribution is -2.16. The van der Waals surface area contributed by atoms with Crippen molar-refractivity contribution < 1.29 is 9.47 Å². The lowest BCUT2D eigenvalue weighted by molar-refractivity contribution is -0.0413. The minimum absolute atomic E-state index is 0.160. The minimum atomic E-state index is -1.28. The molecule has 0 radical (unpaired) electrons. The van der Waals surface area contributed by atoms with Gasteiger partial charge in [0.1, 0.15) is 8.07 Å². The van der Waals surface area contributed by atoms with Crippen LogP contribution in [0.3, 0.4) is 0 Å². The van der Waals surface area contributed by atoms with Gasteiger partial charge in [0, 0.05) is 0 Å². The van der Waals surface area contributed by atoms with Gasteiger partial charge in [-0.25, -0.2) is 0 Å². The van der Waals surface area contributed by atoms with Crippen molar-refractivity contribution in [3.8, 4) is 11.5 Å². The van der Waals surface area contributed by atoms with Gasteiger partial charge in [0.05, 0.1) is 23.0 Å². The first-order valence-electron chi connectivity index (χ1n) is 5.41. The molecule has 0 bridgehead atoms. The zero-order chi connectivity index (χ0) is 11.6. The first-order valence-corrected chi connectivity index (χ1v) is 9.72. The van der Waals surface area contributed by atoms with Gasteiger partial charge in [0.25, 0.3) is 0 Å².